The van der Waals surface area contributed by atoms with Gasteiger partial charge in [0.1, 0.15) is 11.6 Å². The Morgan fingerprint density at radius 3 is 2.94 bits per heavy atom. The molecular formula is C13H13BrFNO. The first-order valence-corrected chi connectivity index (χ1v) is 6.18. The Labute approximate surface area is 108 Å². The lowest BCUT2D eigenvalue weighted by Crippen LogP contribution is -2.18. The molecule has 0 fully saturated rings. The summed E-state index contributed by atoms with van der Waals surface area (Å²) in [6.07, 6.45) is 2.36. The number of furan rings is 1. The highest BCUT2D eigenvalue weighted by Crippen LogP contribution is 2.21. The third-order valence-corrected chi connectivity index (χ3v) is 2.91. The lowest BCUT2D eigenvalue weighted by Gasteiger charge is -2.14. The van der Waals surface area contributed by atoms with Gasteiger partial charge in [0.15, 0.2) is 0 Å². The predicted octanol–water partition coefficient (Wildman–Crippen LogP) is 4.22. The maximum absolute atomic E-state index is 13.5. The molecule has 0 spiro atoms. The Morgan fingerprint density at radius 2 is 2.24 bits per heavy atom. The van der Waals surface area contributed by atoms with Crippen LogP contribution in [0.15, 0.2) is 45.5 Å². The molecule has 0 amide bonds. The van der Waals surface area contributed by atoms with Crippen LogP contribution in [0.5, 0.6) is 0 Å². The molecule has 1 N–H and O–H groups in total. The third kappa shape index (κ3) is 3.33. The van der Waals surface area contributed by atoms with Crippen LogP contribution in [0.4, 0.5) is 10.1 Å². The number of rotatable bonds is 4. The second kappa shape index (κ2) is 5.36. The van der Waals surface area contributed by atoms with Crippen LogP contribution >= 0.6 is 15.9 Å². The standard InChI is InChI=1S/C13H13BrFNO/c1-9(7-11-3-2-6-17-11)16-13-8-10(14)4-5-12(13)15/h2-6,8-9,16H,7H2,1H3. The predicted molar refractivity (Wildman–Crippen MR) is 69.6 cm³/mol. The van der Waals surface area contributed by atoms with Gasteiger partial charge < -0.3 is 9.73 Å². The van der Waals surface area contributed by atoms with Crippen molar-refractivity contribution in [3.8, 4) is 0 Å². The van der Waals surface area contributed by atoms with Crippen molar-refractivity contribution in [3.63, 3.8) is 0 Å². The minimum absolute atomic E-state index is 0.102. The molecule has 0 aliphatic rings. The van der Waals surface area contributed by atoms with E-state index in [4.69, 9.17) is 4.42 Å². The minimum atomic E-state index is -0.250. The van der Waals surface area contributed by atoms with Gasteiger partial charge in [-0.3, -0.25) is 0 Å². The summed E-state index contributed by atoms with van der Waals surface area (Å²) >= 11 is 3.32. The molecule has 0 aliphatic carbocycles. The summed E-state index contributed by atoms with van der Waals surface area (Å²) in [5.41, 5.74) is 0.499. The van der Waals surface area contributed by atoms with Gasteiger partial charge in [0.2, 0.25) is 0 Å². The zero-order valence-corrected chi connectivity index (χ0v) is 11.0. The van der Waals surface area contributed by atoms with Crippen molar-refractivity contribution < 1.29 is 8.81 Å². The third-order valence-electron chi connectivity index (χ3n) is 2.42. The SMILES string of the molecule is CC(Cc1ccco1)Nc1cc(Br)ccc1F. The van der Waals surface area contributed by atoms with Crippen molar-refractivity contribution in [2.45, 2.75) is 19.4 Å². The van der Waals surface area contributed by atoms with Gasteiger partial charge in [-0.1, -0.05) is 15.9 Å². The van der Waals surface area contributed by atoms with E-state index in [1.165, 1.54) is 6.07 Å². The summed E-state index contributed by atoms with van der Waals surface area (Å²) in [4.78, 5) is 0. The maximum Gasteiger partial charge on any atom is 0.146 e. The molecule has 1 aromatic heterocycles. The zero-order valence-electron chi connectivity index (χ0n) is 9.41. The molecule has 4 heteroatoms. The Balaban J connectivity index is 2.02. The molecule has 1 heterocycles. The number of benzene rings is 1. The van der Waals surface area contributed by atoms with Crippen molar-refractivity contribution in [2.75, 3.05) is 5.32 Å². The number of halogens is 2. The van der Waals surface area contributed by atoms with E-state index in [9.17, 15) is 4.39 Å². The van der Waals surface area contributed by atoms with Crippen molar-refractivity contribution in [2.24, 2.45) is 0 Å². The monoisotopic (exact) mass is 297 g/mol. The van der Waals surface area contributed by atoms with E-state index in [2.05, 4.69) is 21.2 Å². The van der Waals surface area contributed by atoms with Crippen LogP contribution < -0.4 is 5.32 Å². The van der Waals surface area contributed by atoms with Crippen LogP contribution in [0.25, 0.3) is 0 Å². The molecule has 0 aliphatic heterocycles. The average molecular weight is 298 g/mol. The summed E-state index contributed by atoms with van der Waals surface area (Å²) < 4.78 is 19.6. The highest BCUT2D eigenvalue weighted by atomic mass is 79.9. The Morgan fingerprint density at radius 1 is 1.41 bits per heavy atom. The van der Waals surface area contributed by atoms with E-state index < -0.39 is 0 Å². The van der Waals surface area contributed by atoms with Crippen molar-refractivity contribution in [1.82, 2.24) is 0 Å². The number of hydrogen-bond acceptors (Lipinski definition) is 2. The van der Waals surface area contributed by atoms with E-state index in [-0.39, 0.29) is 11.9 Å². The molecule has 2 nitrogen and oxygen atoms in total. The lowest BCUT2D eigenvalue weighted by atomic mass is 10.2. The molecule has 1 atom stereocenters. The molecule has 1 unspecified atom stereocenters. The Hall–Kier alpha value is -1.29. The maximum atomic E-state index is 13.5. The van der Waals surface area contributed by atoms with E-state index >= 15 is 0 Å². The minimum Gasteiger partial charge on any atom is -0.469 e. The first-order chi connectivity index (χ1) is 8.15. The van der Waals surface area contributed by atoms with Crippen LogP contribution in [0.1, 0.15) is 12.7 Å². The van der Waals surface area contributed by atoms with E-state index in [0.717, 1.165) is 16.7 Å². The fourth-order valence-electron chi connectivity index (χ4n) is 1.66. The van der Waals surface area contributed by atoms with Crippen LogP contribution in [0.3, 0.4) is 0 Å². The average Bonchev–Trinajstić information content (AvgIpc) is 2.76. The molecule has 0 saturated carbocycles. The summed E-state index contributed by atoms with van der Waals surface area (Å²) in [5, 5.41) is 3.12. The first kappa shape index (κ1) is 12.2. The Kier molecular flexibility index (Phi) is 3.84. The van der Waals surface area contributed by atoms with Crippen LogP contribution in [0, 0.1) is 5.82 Å². The van der Waals surface area contributed by atoms with Crippen molar-refractivity contribution in [1.29, 1.82) is 0 Å². The summed E-state index contributed by atoms with van der Waals surface area (Å²) in [6, 6.07) is 8.71. The van der Waals surface area contributed by atoms with Crippen molar-refractivity contribution >= 4 is 21.6 Å². The number of nitrogens with one attached hydrogen (secondary N) is 1. The van der Waals surface area contributed by atoms with E-state index in [1.807, 2.05) is 19.1 Å². The molecule has 0 saturated heterocycles. The molecular weight excluding hydrogens is 285 g/mol. The van der Waals surface area contributed by atoms with Gasteiger partial charge in [0, 0.05) is 16.9 Å². The van der Waals surface area contributed by atoms with Gasteiger partial charge in [0.25, 0.3) is 0 Å². The lowest BCUT2D eigenvalue weighted by molar-refractivity contribution is 0.497. The first-order valence-electron chi connectivity index (χ1n) is 5.39. The molecule has 90 valence electrons. The van der Waals surface area contributed by atoms with Crippen LogP contribution in [-0.2, 0) is 6.42 Å². The fourth-order valence-corrected chi connectivity index (χ4v) is 2.02. The molecule has 0 bridgehead atoms. The topological polar surface area (TPSA) is 25.2 Å². The molecule has 2 aromatic rings. The number of anilines is 1. The molecule has 2 rings (SSSR count). The zero-order chi connectivity index (χ0) is 12.3. The summed E-state index contributed by atoms with van der Waals surface area (Å²) in [5.74, 6) is 0.639. The normalized spacial score (nSPS) is 12.4. The van der Waals surface area contributed by atoms with Crippen LogP contribution in [-0.4, -0.2) is 6.04 Å². The molecule has 17 heavy (non-hydrogen) atoms. The van der Waals surface area contributed by atoms with Gasteiger partial charge in [-0.25, -0.2) is 4.39 Å². The number of hydrogen-bond donors (Lipinski definition) is 1. The van der Waals surface area contributed by atoms with Gasteiger partial charge in [0.05, 0.1) is 12.0 Å². The largest absolute Gasteiger partial charge is 0.469 e. The summed E-state index contributed by atoms with van der Waals surface area (Å²) in [6.45, 7) is 1.99. The molecule has 1 aromatic carbocycles. The van der Waals surface area contributed by atoms with Gasteiger partial charge in [-0.2, -0.15) is 0 Å². The smallest absolute Gasteiger partial charge is 0.146 e. The quantitative estimate of drug-likeness (QED) is 0.914. The second-order valence-corrected chi connectivity index (χ2v) is 4.87. The fraction of sp³-hybridized carbons (Fsp3) is 0.231. The molecule has 0 radical (unpaired) electrons. The van der Waals surface area contributed by atoms with Gasteiger partial charge >= 0.3 is 0 Å². The van der Waals surface area contributed by atoms with Crippen molar-refractivity contribution in [3.05, 3.63) is 52.6 Å². The highest BCUT2D eigenvalue weighted by Gasteiger charge is 2.09. The van der Waals surface area contributed by atoms with E-state index in [0.29, 0.717) is 5.69 Å². The van der Waals surface area contributed by atoms with Gasteiger partial charge in [-0.15, -0.1) is 0 Å². The van der Waals surface area contributed by atoms with E-state index in [1.54, 1.807) is 18.4 Å². The second-order valence-electron chi connectivity index (χ2n) is 3.95. The highest BCUT2D eigenvalue weighted by molar-refractivity contribution is 9.10. The Bertz CT molecular complexity index is 484. The summed E-state index contributed by atoms with van der Waals surface area (Å²) in [7, 11) is 0. The van der Waals surface area contributed by atoms with Gasteiger partial charge in [-0.05, 0) is 37.3 Å². The van der Waals surface area contributed by atoms with Crippen LogP contribution in [0.2, 0.25) is 0 Å².